The lowest BCUT2D eigenvalue weighted by atomic mass is 10.2. The Morgan fingerprint density at radius 3 is 2.14 bits per heavy atom. The van der Waals surface area contributed by atoms with E-state index in [0.29, 0.717) is 19.4 Å². The first-order valence-corrected chi connectivity index (χ1v) is 6.79. The average Bonchev–Trinajstić information content (AvgIpc) is 2.03. The molecular weight excluding hydrogens is 199 g/mol. The fourth-order valence-electron chi connectivity index (χ4n) is 1.13. The first-order chi connectivity index (χ1) is 6.54. The van der Waals surface area contributed by atoms with Crippen molar-refractivity contribution in [3.05, 3.63) is 12.2 Å². The number of allylic oxidation sites excluding steroid dienone is 1. The van der Waals surface area contributed by atoms with Gasteiger partial charge in [0.2, 0.25) is 0 Å². The molecule has 0 radical (unpaired) electrons. The van der Waals surface area contributed by atoms with Crippen LogP contribution in [0.3, 0.4) is 0 Å². The van der Waals surface area contributed by atoms with Crippen LogP contribution in [-0.4, -0.2) is 19.4 Å². The molecule has 0 atom stereocenters. The van der Waals surface area contributed by atoms with E-state index in [2.05, 4.69) is 6.58 Å². The van der Waals surface area contributed by atoms with Crippen molar-refractivity contribution in [1.29, 1.82) is 0 Å². The fraction of sp³-hybridized carbons (Fsp3) is 0.800. The van der Waals surface area contributed by atoms with Gasteiger partial charge in [-0.2, -0.15) is 0 Å². The van der Waals surface area contributed by atoms with Gasteiger partial charge in [0.1, 0.15) is 0 Å². The molecule has 0 aliphatic carbocycles. The molecule has 0 amide bonds. The SMILES string of the molecule is C=C(C)CCCP(=O)(OCC)OCC. The molecule has 0 fully saturated rings. The molecule has 3 nitrogen and oxygen atoms in total. The van der Waals surface area contributed by atoms with Gasteiger partial charge in [-0.3, -0.25) is 4.57 Å². The summed E-state index contributed by atoms with van der Waals surface area (Å²) in [7, 11) is -2.82. The topological polar surface area (TPSA) is 35.5 Å². The zero-order valence-electron chi connectivity index (χ0n) is 9.41. The Hall–Kier alpha value is -0.110. The maximum Gasteiger partial charge on any atom is 0.330 e. The van der Waals surface area contributed by atoms with Crippen LogP contribution in [-0.2, 0) is 13.6 Å². The van der Waals surface area contributed by atoms with Crippen LogP contribution in [0.1, 0.15) is 33.6 Å². The Bertz CT molecular complexity index is 203. The molecule has 0 aromatic rings. The lowest BCUT2D eigenvalue weighted by Gasteiger charge is -2.16. The van der Waals surface area contributed by atoms with Gasteiger partial charge in [-0.05, 0) is 33.6 Å². The van der Waals surface area contributed by atoms with Crippen LogP contribution in [0.25, 0.3) is 0 Å². The first-order valence-electron chi connectivity index (χ1n) is 5.06. The maximum atomic E-state index is 11.9. The highest BCUT2D eigenvalue weighted by atomic mass is 31.2. The Balaban J connectivity index is 3.96. The van der Waals surface area contributed by atoms with Gasteiger partial charge in [0.05, 0.1) is 19.4 Å². The smallest absolute Gasteiger partial charge is 0.309 e. The van der Waals surface area contributed by atoms with Crippen molar-refractivity contribution in [1.82, 2.24) is 0 Å². The molecule has 0 rings (SSSR count). The molecule has 0 spiro atoms. The zero-order valence-corrected chi connectivity index (χ0v) is 10.3. The van der Waals surface area contributed by atoms with Crippen molar-refractivity contribution >= 4 is 7.60 Å². The van der Waals surface area contributed by atoms with E-state index in [9.17, 15) is 4.57 Å². The average molecular weight is 220 g/mol. The minimum absolute atomic E-state index is 0.435. The summed E-state index contributed by atoms with van der Waals surface area (Å²) in [6.07, 6.45) is 2.18. The molecule has 0 aliphatic rings. The van der Waals surface area contributed by atoms with E-state index in [1.807, 2.05) is 20.8 Å². The molecule has 0 heterocycles. The molecule has 0 N–H and O–H groups in total. The van der Waals surface area contributed by atoms with Crippen LogP contribution in [0.5, 0.6) is 0 Å². The van der Waals surface area contributed by atoms with Crippen LogP contribution < -0.4 is 0 Å². The van der Waals surface area contributed by atoms with Crippen molar-refractivity contribution in [2.45, 2.75) is 33.6 Å². The second-order valence-electron chi connectivity index (χ2n) is 3.23. The summed E-state index contributed by atoms with van der Waals surface area (Å²) in [4.78, 5) is 0. The van der Waals surface area contributed by atoms with E-state index in [1.165, 1.54) is 0 Å². The third-order valence-electron chi connectivity index (χ3n) is 1.69. The number of hydrogen-bond acceptors (Lipinski definition) is 3. The Kier molecular flexibility index (Phi) is 7.16. The van der Waals surface area contributed by atoms with E-state index >= 15 is 0 Å². The minimum atomic E-state index is -2.82. The summed E-state index contributed by atoms with van der Waals surface area (Å²) in [5.41, 5.74) is 1.10. The van der Waals surface area contributed by atoms with Crippen LogP contribution in [0.2, 0.25) is 0 Å². The first kappa shape index (κ1) is 13.9. The van der Waals surface area contributed by atoms with Gasteiger partial charge < -0.3 is 9.05 Å². The van der Waals surface area contributed by atoms with Gasteiger partial charge in [0.15, 0.2) is 0 Å². The summed E-state index contributed by atoms with van der Waals surface area (Å²) in [5.74, 6) is 0. The van der Waals surface area contributed by atoms with Crippen molar-refractivity contribution < 1.29 is 13.6 Å². The highest BCUT2D eigenvalue weighted by Gasteiger charge is 2.22. The minimum Gasteiger partial charge on any atom is -0.309 e. The van der Waals surface area contributed by atoms with Crippen molar-refractivity contribution in [2.24, 2.45) is 0 Å². The lowest BCUT2D eigenvalue weighted by molar-refractivity contribution is 0.220. The predicted molar refractivity (Wildman–Crippen MR) is 59.8 cm³/mol. The highest BCUT2D eigenvalue weighted by molar-refractivity contribution is 7.53. The Labute approximate surface area is 87.0 Å². The molecule has 0 saturated heterocycles. The van der Waals surface area contributed by atoms with E-state index in [-0.39, 0.29) is 0 Å². The second-order valence-corrected chi connectivity index (χ2v) is 5.42. The molecule has 0 bridgehead atoms. The zero-order chi connectivity index (χ0) is 11.0. The maximum absolute atomic E-state index is 11.9. The lowest BCUT2D eigenvalue weighted by Crippen LogP contribution is -2.00. The van der Waals surface area contributed by atoms with Gasteiger partial charge in [-0.1, -0.05) is 5.57 Å². The molecule has 0 aliphatic heterocycles. The third-order valence-corrected chi connectivity index (χ3v) is 3.85. The summed E-state index contributed by atoms with van der Waals surface area (Å²) in [6.45, 7) is 10.3. The summed E-state index contributed by atoms with van der Waals surface area (Å²) < 4.78 is 22.2. The summed E-state index contributed by atoms with van der Waals surface area (Å²) in [6, 6.07) is 0. The van der Waals surface area contributed by atoms with Crippen LogP contribution in [0, 0.1) is 0 Å². The molecule has 14 heavy (non-hydrogen) atoms. The Morgan fingerprint density at radius 1 is 1.29 bits per heavy atom. The Morgan fingerprint density at radius 2 is 1.79 bits per heavy atom. The van der Waals surface area contributed by atoms with Gasteiger partial charge in [0.25, 0.3) is 0 Å². The standard InChI is InChI=1S/C10H21O3P/c1-5-12-14(11,13-6-2)9-7-8-10(3)4/h3,5-9H2,1-2,4H3. The molecule has 0 unspecified atom stereocenters. The van der Waals surface area contributed by atoms with E-state index in [0.717, 1.165) is 18.4 Å². The highest BCUT2D eigenvalue weighted by Crippen LogP contribution is 2.48. The van der Waals surface area contributed by atoms with Crippen LogP contribution >= 0.6 is 7.60 Å². The molecule has 0 aromatic heterocycles. The van der Waals surface area contributed by atoms with Crippen molar-refractivity contribution in [3.63, 3.8) is 0 Å². The molecule has 0 saturated carbocycles. The molecule has 0 aromatic carbocycles. The second kappa shape index (κ2) is 7.22. The summed E-state index contributed by atoms with van der Waals surface area (Å²) in [5, 5.41) is 0. The molecule has 84 valence electrons. The third kappa shape index (κ3) is 6.36. The number of hydrogen-bond donors (Lipinski definition) is 0. The van der Waals surface area contributed by atoms with Crippen LogP contribution in [0.15, 0.2) is 12.2 Å². The normalized spacial score (nSPS) is 11.6. The monoisotopic (exact) mass is 220 g/mol. The summed E-state index contributed by atoms with van der Waals surface area (Å²) >= 11 is 0. The molecular formula is C10H21O3P. The van der Waals surface area contributed by atoms with E-state index in [1.54, 1.807) is 0 Å². The molecule has 4 heteroatoms. The number of rotatable bonds is 8. The van der Waals surface area contributed by atoms with Gasteiger partial charge in [-0.15, -0.1) is 6.58 Å². The quantitative estimate of drug-likeness (QED) is 0.463. The van der Waals surface area contributed by atoms with Gasteiger partial charge in [0, 0.05) is 0 Å². The van der Waals surface area contributed by atoms with E-state index in [4.69, 9.17) is 9.05 Å². The van der Waals surface area contributed by atoms with Crippen LogP contribution in [0.4, 0.5) is 0 Å². The van der Waals surface area contributed by atoms with Gasteiger partial charge >= 0.3 is 7.60 Å². The van der Waals surface area contributed by atoms with E-state index < -0.39 is 7.60 Å². The van der Waals surface area contributed by atoms with Crippen molar-refractivity contribution in [3.8, 4) is 0 Å². The largest absolute Gasteiger partial charge is 0.330 e. The predicted octanol–water partition coefficient (Wildman–Crippen LogP) is 3.61. The van der Waals surface area contributed by atoms with Gasteiger partial charge in [-0.25, -0.2) is 0 Å². The fourth-order valence-corrected chi connectivity index (χ4v) is 2.80. The van der Waals surface area contributed by atoms with Crippen molar-refractivity contribution in [2.75, 3.05) is 19.4 Å².